The summed E-state index contributed by atoms with van der Waals surface area (Å²) in [5.41, 5.74) is 1.22. The summed E-state index contributed by atoms with van der Waals surface area (Å²) in [6.07, 6.45) is 3.05. The van der Waals surface area contributed by atoms with Gasteiger partial charge in [-0.2, -0.15) is 4.68 Å². The summed E-state index contributed by atoms with van der Waals surface area (Å²) in [4.78, 5) is 13.4. The van der Waals surface area contributed by atoms with Crippen molar-refractivity contribution >= 4 is 35.0 Å². The molecule has 0 saturated carbocycles. The zero-order valence-electron chi connectivity index (χ0n) is 17.2. The first-order valence-electron chi connectivity index (χ1n) is 9.43. The van der Waals surface area contributed by atoms with Crippen LogP contribution in [0.1, 0.15) is 5.76 Å². The minimum absolute atomic E-state index is 0.125. The maximum absolute atomic E-state index is 13.4. The van der Waals surface area contributed by atoms with Gasteiger partial charge in [-0.15, -0.1) is 5.10 Å². The van der Waals surface area contributed by atoms with Crippen LogP contribution >= 0.6 is 11.6 Å². The topological polar surface area (TPSA) is 104 Å². The number of anilines is 1. The fraction of sp³-hybridized carbons (Fsp3) is 0.0909. The summed E-state index contributed by atoms with van der Waals surface area (Å²) in [6.45, 7) is 0. The van der Waals surface area contributed by atoms with Crippen LogP contribution in [0, 0.1) is 0 Å². The summed E-state index contributed by atoms with van der Waals surface area (Å²) in [6, 6.07) is 15.8. The third-order valence-electron chi connectivity index (χ3n) is 4.51. The van der Waals surface area contributed by atoms with Gasteiger partial charge in [0.1, 0.15) is 23.0 Å². The van der Waals surface area contributed by atoms with E-state index < -0.39 is 5.91 Å². The highest BCUT2D eigenvalue weighted by atomic mass is 35.5. The summed E-state index contributed by atoms with van der Waals surface area (Å²) in [5, 5.41) is 15.0. The van der Waals surface area contributed by atoms with E-state index in [0.717, 1.165) is 5.56 Å². The van der Waals surface area contributed by atoms with Crippen molar-refractivity contribution in [3.63, 3.8) is 0 Å². The molecule has 0 spiro atoms. The normalized spacial score (nSPS) is 11.3. The van der Waals surface area contributed by atoms with Crippen LogP contribution in [0.15, 0.2) is 65.3 Å². The summed E-state index contributed by atoms with van der Waals surface area (Å²) < 4.78 is 17.4. The highest BCUT2D eigenvalue weighted by Crippen LogP contribution is 2.36. The fourth-order valence-corrected chi connectivity index (χ4v) is 3.22. The predicted octanol–water partition coefficient (Wildman–Crippen LogP) is 4.24. The van der Waals surface area contributed by atoms with Crippen LogP contribution in [0.4, 0.5) is 5.69 Å². The van der Waals surface area contributed by atoms with Crippen molar-refractivity contribution in [1.82, 2.24) is 20.2 Å². The van der Waals surface area contributed by atoms with Gasteiger partial charge in [-0.1, -0.05) is 41.9 Å². The van der Waals surface area contributed by atoms with E-state index in [1.165, 1.54) is 31.2 Å². The van der Waals surface area contributed by atoms with Crippen molar-refractivity contribution in [3.8, 4) is 22.9 Å². The maximum atomic E-state index is 13.4. The number of aromatic nitrogens is 4. The molecule has 1 N–H and O–H groups in total. The van der Waals surface area contributed by atoms with Crippen LogP contribution in [0.3, 0.4) is 0 Å². The summed E-state index contributed by atoms with van der Waals surface area (Å²) >= 11 is 6.17. The molecule has 0 radical (unpaired) electrons. The van der Waals surface area contributed by atoms with Gasteiger partial charge in [0.15, 0.2) is 5.82 Å². The smallest absolute Gasteiger partial charge is 0.274 e. The Labute approximate surface area is 188 Å². The zero-order chi connectivity index (χ0) is 22.5. The highest BCUT2D eigenvalue weighted by Gasteiger charge is 2.22. The molecule has 0 aliphatic rings. The van der Waals surface area contributed by atoms with Gasteiger partial charge < -0.3 is 19.2 Å². The Hall–Kier alpha value is -4.11. The van der Waals surface area contributed by atoms with Crippen molar-refractivity contribution in [2.45, 2.75) is 0 Å². The van der Waals surface area contributed by atoms with Gasteiger partial charge in [0.2, 0.25) is 0 Å². The van der Waals surface area contributed by atoms with Crippen LogP contribution in [-0.2, 0) is 4.79 Å². The minimum Gasteiger partial charge on any atom is -0.495 e. The van der Waals surface area contributed by atoms with E-state index in [1.807, 2.05) is 30.3 Å². The lowest BCUT2D eigenvalue weighted by atomic mass is 10.2. The number of halogens is 1. The number of carbonyl (C=O) groups is 1. The monoisotopic (exact) mass is 451 g/mol. The molecule has 9 nitrogen and oxygen atoms in total. The molecule has 0 aliphatic heterocycles. The van der Waals surface area contributed by atoms with Crippen LogP contribution < -0.4 is 14.8 Å². The number of benzene rings is 2. The van der Waals surface area contributed by atoms with E-state index in [1.54, 1.807) is 24.3 Å². The Balaban J connectivity index is 1.77. The molecule has 162 valence electrons. The molecule has 32 heavy (non-hydrogen) atoms. The second-order valence-corrected chi connectivity index (χ2v) is 6.87. The number of amides is 1. The molecule has 0 fully saturated rings. The van der Waals surface area contributed by atoms with E-state index in [2.05, 4.69) is 20.8 Å². The summed E-state index contributed by atoms with van der Waals surface area (Å²) in [5.74, 6) is 1.08. The number of hydrogen-bond donors (Lipinski definition) is 1. The van der Waals surface area contributed by atoms with E-state index in [0.29, 0.717) is 33.8 Å². The number of methoxy groups -OCH3 is 2. The summed E-state index contributed by atoms with van der Waals surface area (Å²) in [7, 11) is 2.96. The number of ether oxygens (including phenoxy) is 2. The first-order valence-corrected chi connectivity index (χ1v) is 9.80. The highest BCUT2D eigenvalue weighted by molar-refractivity contribution is 6.32. The predicted molar refractivity (Wildman–Crippen MR) is 119 cm³/mol. The van der Waals surface area contributed by atoms with Gasteiger partial charge >= 0.3 is 0 Å². The Morgan fingerprint density at radius 3 is 2.56 bits per heavy atom. The van der Waals surface area contributed by atoms with Crippen molar-refractivity contribution in [1.29, 1.82) is 0 Å². The lowest BCUT2D eigenvalue weighted by Crippen LogP contribution is -2.20. The van der Waals surface area contributed by atoms with E-state index >= 15 is 0 Å². The molecule has 2 heterocycles. The first-order chi connectivity index (χ1) is 15.6. The lowest BCUT2D eigenvalue weighted by molar-refractivity contribution is -0.111. The maximum Gasteiger partial charge on any atom is 0.274 e. The average molecular weight is 452 g/mol. The van der Waals surface area contributed by atoms with Crippen molar-refractivity contribution in [2.75, 3.05) is 19.5 Å². The zero-order valence-corrected chi connectivity index (χ0v) is 17.9. The number of nitrogens with zero attached hydrogens (tertiary/aromatic N) is 4. The van der Waals surface area contributed by atoms with Gasteiger partial charge in [0, 0.05) is 23.8 Å². The van der Waals surface area contributed by atoms with E-state index in [9.17, 15) is 4.79 Å². The van der Waals surface area contributed by atoms with Crippen LogP contribution in [0.25, 0.3) is 23.2 Å². The Kier molecular flexibility index (Phi) is 6.18. The number of hydrogen-bond acceptors (Lipinski definition) is 7. The second kappa shape index (κ2) is 9.36. The Bertz CT molecular complexity index is 1250. The molecule has 0 bridgehead atoms. The molecule has 0 atom stereocenters. The van der Waals surface area contributed by atoms with Gasteiger partial charge in [-0.05, 0) is 22.6 Å². The van der Waals surface area contributed by atoms with Crippen LogP contribution in [0.2, 0.25) is 5.02 Å². The molecule has 4 rings (SSSR count). The molecule has 0 aliphatic carbocycles. The molecular formula is C22H18ClN5O4. The quantitative estimate of drug-likeness (QED) is 0.419. The Morgan fingerprint density at radius 1 is 1.09 bits per heavy atom. The SMILES string of the molecule is COc1cc(NC(=O)C(=Cc2ccco2)n2nnnc2-c2ccccc2)c(OC)cc1Cl. The second-order valence-electron chi connectivity index (χ2n) is 6.47. The average Bonchev–Trinajstić information content (AvgIpc) is 3.51. The molecule has 0 saturated heterocycles. The van der Waals surface area contributed by atoms with Crippen molar-refractivity contribution < 1.29 is 18.7 Å². The third-order valence-corrected chi connectivity index (χ3v) is 4.80. The van der Waals surface area contributed by atoms with Gasteiger partial charge in [-0.3, -0.25) is 4.79 Å². The van der Waals surface area contributed by atoms with Crippen molar-refractivity contribution in [3.05, 3.63) is 71.6 Å². The van der Waals surface area contributed by atoms with Gasteiger partial charge in [0.05, 0.1) is 31.2 Å². The van der Waals surface area contributed by atoms with Crippen LogP contribution in [0.5, 0.6) is 11.5 Å². The number of furan rings is 1. The first kappa shape index (κ1) is 21.1. The number of carbonyl (C=O) groups excluding carboxylic acids is 1. The van der Waals surface area contributed by atoms with E-state index in [4.69, 9.17) is 25.5 Å². The minimum atomic E-state index is -0.506. The molecule has 0 unspecified atom stereocenters. The number of nitrogens with one attached hydrogen (secondary N) is 1. The lowest BCUT2D eigenvalue weighted by Gasteiger charge is -2.14. The molecular weight excluding hydrogens is 434 g/mol. The van der Waals surface area contributed by atoms with Gasteiger partial charge in [0.25, 0.3) is 5.91 Å². The molecule has 4 aromatic rings. The largest absolute Gasteiger partial charge is 0.495 e. The van der Waals surface area contributed by atoms with Gasteiger partial charge in [-0.25, -0.2) is 0 Å². The number of tetrazole rings is 1. The van der Waals surface area contributed by atoms with Crippen molar-refractivity contribution in [2.24, 2.45) is 0 Å². The fourth-order valence-electron chi connectivity index (χ4n) is 2.99. The molecule has 10 heteroatoms. The Morgan fingerprint density at radius 2 is 1.88 bits per heavy atom. The molecule has 1 amide bonds. The standard InChI is InChI=1S/C22H18ClN5O4/c1-30-19-13-17(20(31-2)12-16(19)23)24-22(29)18(11-15-9-6-10-32-15)28-21(25-26-27-28)14-7-4-3-5-8-14/h3-13H,1-2H3,(H,24,29). The van der Waals surface area contributed by atoms with E-state index in [-0.39, 0.29) is 5.70 Å². The number of rotatable bonds is 7. The molecule has 2 aromatic carbocycles. The molecule has 2 aromatic heterocycles. The third kappa shape index (κ3) is 4.33. The van der Waals surface area contributed by atoms with Crippen LogP contribution in [-0.4, -0.2) is 40.3 Å².